The average molecular weight is 325 g/mol. The standard InChI is InChI=1S/C19H23N3O2/c1-3-7-20-16(5-1)13-22-9-10-23-18-12-15(11-17(18)22)14-24-19-6-2-4-8-21-19/h1-8,15,17-18H,9-14H2/t15-,17-,18+/m0/s1. The quantitative estimate of drug-likeness (QED) is 0.845. The Kier molecular flexibility index (Phi) is 4.71. The lowest BCUT2D eigenvalue weighted by molar-refractivity contribution is -0.0594. The van der Waals surface area contributed by atoms with E-state index in [2.05, 4.69) is 27.0 Å². The molecular formula is C19H23N3O2. The predicted octanol–water partition coefficient (Wildman–Crippen LogP) is 2.54. The smallest absolute Gasteiger partial charge is 0.213 e. The van der Waals surface area contributed by atoms with Crippen LogP contribution >= 0.6 is 0 Å². The average Bonchev–Trinajstić information content (AvgIpc) is 3.06. The zero-order valence-electron chi connectivity index (χ0n) is 13.8. The van der Waals surface area contributed by atoms with Gasteiger partial charge >= 0.3 is 0 Å². The van der Waals surface area contributed by atoms with E-state index >= 15 is 0 Å². The number of morpholine rings is 1. The van der Waals surface area contributed by atoms with E-state index in [1.807, 2.05) is 30.5 Å². The van der Waals surface area contributed by atoms with Crippen LogP contribution < -0.4 is 4.74 Å². The summed E-state index contributed by atoms with van der Waals surface area (Å²) in [5.41, 5.74) is 1.13. The van der Waals surface area contributed by atoms with Gasteiger partial charge in [0.15, 0.2) is 0 Å². The van der Waals surface area contributed by atoms with Crippen LogP contribution in [-0.2, 0) is 11.3 Å². The molecule has 5 nitrogen and oxygen atoms in total. The van der Waals surface area contributed by atoms with Crippen molar-refractivity contribution in [3.8, 4) is 5.88 Å². The molecule has 1 aliphatic carbocycles. The first-order valence-corrected chi connectivity index (χ1v) is 8.68. The van der Waals surface area contributed by atoms with Gasteiger partial charge in [-0.2, -0.15) is 0 Å². The van der Waals surface area contributed by atoms with Crippen LogP contribution in [0.3, 0.4) is 0 Å². The first-order valence-electron chi connectivity index (χ1n) is 8.68. The monoisotopic (exact) mass is 325 g/mol. The van der Waals surface area contributed by atoms with Gasteiger partial charge in [-0.15, -0.1) is 0 Å². The minimum Gasteiger partial charge on any atom is -0.477 e. The minimum atomic E-state index is 0.319. The number of hydrogen-bond acceptors (Lipinski definition) is 5. The van der Waals surface area contributed by atoms with Crippen molar-refractivity contribution >= 4 is 0 Å². The van der Waals surface area contributed by atoms with Crippen LogP contribution in [0.25, 0.3) is 0 Å². The summed E-state index contributed by atoms with van der Waals surface area (Å²) in [6.07, 6.45) is 6.13. The number of aromatic nitrogens is 2. The van der Waals surface area contributed by atoms with E-state index in [1.165, 1.54) is 0 Å². The largest absolute Gasteiger partial charge is 0.477 e. The fourth-order valence-electron chi connectivity index (χ4n) is 3.79. The molecular weight excluding hydrogens is 302 g/mol. The van der Waals surface area contributed by atoms with Crippen molar-refractivity contribution in [2.24, 2.45) is 5.92 Å². The van der Waals surface area contributed by atoms with Crippen LogP contribution in [-0.4, -0.2) is 46.8 Å². The molecule has 2 fully saturated rings. The van der Waals surface area contributed by atoms with Crippen LogP contribution in [0.1, 0.15) is 18.5 Å². The Labute approximate surface area is 142 Å². The molecule has 2 aliphatic rings. The molecule has 0 bridgehead atoms. The van der Waals surface area contributed by atoms with Gasteiger partial charge < -0.3 is 9.47 Å². The molecule has 1 saturated heterocycles. The fraction of sp³-hybridized carbons (Fsp3) is 0.474. The Morgan fingerprint density at radius 1 is 1.08 bits per heavy atom. The van der Waals surface area contributed by atoms with E-state index in [0.717, 1.165) is 38.2 Å². The van der Waals surface area contributed by atoms with Crippen LogP contribution in [0.15, 0.2) is 48.8 Å². The molecule has 2 aromatic rings. The van der Waals surface area contributed by atoms with Crippen LogP contribution in [0.2, 0.25) is 0 Å². The highest BCUT2D eigenvalue weighted by Crippen LogP contribution is 2.35. The number of hydrogen-bond donors (Lipinski definition) is 0. The Hall–Kier alpha value is -1.98. The second kappa shape index (κ2) is 7.28. The van der Waals surface area contributed by atoms with Gasteiger partial charge in [0.25, 0.3) is 0 Å². The van der Waals surface area contributed by atoms with Crippen molar-refractivity contribution in [1.82, 2.24) is 14.9 Å². The Bertz CT molecular complexity index is 638. The third-order valence-corrected chi connectivity index (χ3v) is 4.94. The number of pyridine rings is 2. The molecule has 4 rings (SSSR count). The molecule has 0 unspecified atom stereocenters. The summed E-state index contributed by atoms with van der Waals surface area (Å²) in [4.78, 5) is 11.2. The molecule has 3 atom stereocenters. The molecule has 0 radical (unpaired) electrons. The summed E-state index contributed by atoms with van der Waals surface area (Å²) in [5.74, 6) is 1.23. The third kappa shape index (κ3) is 3.57. The van der Waals surface area contributed by atoms with Gasteiger partial charge in [0.2, 0.25) is 5.88 Å². The van der Waals surface area contributed by atoms with Crippen molar-refractivity contribution in [3.63, 3.8) is 0 Å². The Balaban J connectivity index is 1.35. The van der Waals surface area contributed by atoms with Crippen LogP contribution in [0.4, 0.5) is 0 Å². The lowest BCUT2D eigenvalue weighted by Gasteiger charge is -2.37. The second-order valence-electron chi connectivity index (χ2n) is 6.58. The fourth-order valence-corrected chi connectivity index (χ4v) is 3.79. The normalized spacial score (nSPS) is 26.9. The minimum absolute atomic E-state index is 0.319. The molecule has 0 amide bonds. The highest BCUT2D eigenvalue weighted by atomic mass is 16.5. The van der Waals surface area contributed by atoms with Crippen molar-refractivity contribution in [2.75, 3.05) is 19.8 Å². The zero-order chi connectivity index (χ0) is 16.2. The van der Waals surface area contributed by atoms with E-state index in [1.54, 1.807) is 6.20 Å². The highest BCUT2D eigenvalue weighted by Gasteiger charge is 2.41. The number of rotatable bonds is 5. The maximum Gasteiger partial charge on any atom is 0.213 e. The lowest BCUT2D eigenvalue weighted by Crippen LogP contribution is -2.47. The zero-order valence-corrected chi connectivity index (χ0v) is 13.8. The van der Waals surface area contributed by atoms with Crippen molar-refractivity contribution < 1.29 is 9.47 Å². The Morgan fingerprint density at radius 3 is 2.75 bits per heavy atom. The van der Waals surface area contributed by atoms with Crippen molar-refractivity contribution in [1.29, 1.82) is 0 Å². The van der Waals surface area contributed by atoms with Gasteiger partial charge in [-0.05, 0) is 37.0 Å². The summed E-state index contributed by atoms with van der Waals surface area (Å²) in [6.45, 7) is 3.40. The van der Waals surface area contributed by atoms with E-state index in [9.17, 15) is 0 Å². The summed E-state index contributed by atoms with van der Waals surface area (Å²) in [7, 11) is 0. The number of nitrogens with zero attached hydrogens (tertiary/aromatic N) is 3. The summed E-state index contributed by atoms with van der Waals surface area (Å²) >= 11 is 0. The van der Waals surface area contributed by atoms with Gasteiger partial charge in [-0.1, -0.05) is 12.1 Å². The maximum absolute atomic E-state index is 6.02. The third-order valence-electron chi connectivity index (χ3n) is 4.94. The van der Waals surface area contributed by atoms with E-state index < -0.39 is 0 Å². The first-order chi connectivity index (χ1) is 11.9. The van der Waals surface area contributed by atoms with Crippen molar-refractivity contribution in [3.05, 3.63) is 54.5 Å². The van der Waals surface area contributed by atoms with Gasteiger partial charge in [-0.3, -0.25) is 9.88 Å². The predicted molar refractivity (Wildman–Crippen MR) is 90.6 cm³/mol. The molecule has 1 aliphatic heterocycles. The van der Waals surface area contributed by atoms with E-state index in [-0.39, 0.29) is 0 Å². The van der Waals surface area contributed by atoms with Crippen molar-refractivity contribution in [2.45, 2.75) is 31.5 Å². The molecule has 5 heteroatoms. The number of ether oxygens (including phenoxy) is 2. The molecule has 126 valence electrons. The molecule has 3 heterocycles. The molecule has 0 spiro atoms. The molecule has 0 N–H and O–H groups in total. The molecule has 2 aromatic heterocycles. The second-order valence-corrected chi connectivity index (χ2v) is 6.58. The SMILES string of the molecule is c1ccc(CN2CCO[C@@H]3C[C@@H](COc4ccccn4)C[C@@H]32)nc1. The van der Waals surface area contributed by atoms with E-state index in [0.29, 0.717) is 30.6 Å². The summed E-state index contributed by atoms with van der Waals surface area (Å²) < 4.78 is 11.9. The van der Waals surface area contributed by atoms with Gasteiger partial charge in [0.05, 0.1) is 25.0 Å². The van der Waals surface area contributed by atoms with Gasteiger partial charge in [0, 0.05) is 37.6 Å². The topological polar surface area (TPSA) is 47.5 Å². The van der Waals surface area contributed by atoms with E-state index in [4.69, 9.17) is 9.47 Å². The van der Waals surface area contributed by atoms with Crippen LogP contribution in [0, 0.1) is 5.92 Å². The highest BCUT2D eigenvalue weighted by molar-refractivity contribution is 5.09. The van der Waals surface area contributed by atoms with Gasteiger partial charge in [-0.25, -0.2) is 4.98 Å². The first kappa shape index (κ1) is 15.5. The molecule has 24 heavy (non-hydrogen) atoms. The summed E-state index contributed by atoms with van der Waals surface area (Å²) in [6, 6.07) is 12.4. The maximum atomic E-state index is 6.02. The number of fused-ring (bicyclic) bond motifs is 1. The molecule has 1 saturated carbocycles. The molecule has 0 aromatic carbocycles. The Morgan fingerprint density at radius 2 is 1.96 bits per heavy atom. The van der Waals surface area contributed by atoms with Gasteiger partial charge in [0.1, 0.15) is 0 Å². The lowest BCUT2D eigenvalue weighted by atomic mass is 10.1. The summed E-state index contributed by atoms with van der Waals surface area (Å²) in [5, 5.41) is 0. The van der Waals surface area contributed by atoms with Crippen LogP contribution in [0.5, 0.6) is 5.88 Å².